The predicted octanol–water partition coefficient (Wildman–Crippen LogP) is 6.69. The summed E-state index contributed by atoms with van der Waals surface area (Å²) in [5.41, 5.74) is -8.95. The Hall–Kier alpha value is -2.93. The van der Waals surface area contributed by atoms with Gasteiger partial charge in [-0.3, -0.25) is 4.79 Å². The van der Waals surface area contributed by atoms with Crippen LogP contribution in [0, 0.1) is 0 Å². The average Bonchev–Trinajstić information content (AvgIpc) is 2.62. The molecule has 0 bridgehead atoms. The normalized spacial score (nSPS) is 13.2. The largest absolute Gasteiger partial charge is 0.416 e. The quantitative estimate of drug-likeness (QED) is 0.485. The average molecular weight is 483 g/mol. The Balaban J connectivity index is 2.39. The molecule has 0 fully saturated rings. The van der Waals surface area contributed by atoms with Crippen LogP contribution in [-0.2, 0) is 31.2 Å². The van der Waals surface area contributed by atoms with E-state index in [2.05, 4.69) is 0 Å². The van der Waals surface area contributed by atoms with Crippen molar-refractivity contribution < 1.29 is 57.5 Å². The van der Waals surface area contributed by atoms with Gasteiger partial charge in [0.15, 0.2) is 0 Å². The molecule has 0 saturated heterocycles. The van der Waals surface area contributed by atoms with Crippen molar-refractivity contribution in [2.45, 2.75) is 31.2 Å². The summed E-state index contributed by atoms with van der Waals surface area (Å²) in [6.45, 7) is -1.04. The molecule has 0 aliphatic heterocycles. The molecule has 1 amide bonds. The van der Waals surface area contributed by atoms with Gasteiger partial charge in [-0.2, -0.15) is 52.7 Å². The summed E-state index contributed by atoms with van der Waals surface area (Å²) in [4.78, 5) is 12.0. The van der Waals surface area contributed by atoms with E-state index in [1.807, 2.05) is 0 Å². The van der Waals surface area contributed by atoms with Crippen LogP contribution in [0.5, 0.6) is 0 Å². The summed E-state index contributed by atoms with van der Waals surface area (Å²) in [5, 5.41) is 1.72. The number of hydrogen-bond donors (Lipinski definition) is 1. The SMILES string of the molecule is O=C(NCc1cc(C(F)(F)F)cc(C(F)(F)F)c1)c1cc(C(F)(F)F)cc(C(F)(F)F)c1. The number of nitrogens with one attached hydrogen (secondary N) is 1. The lowest BCUT2D eigenvalue weighted by molar-refractivity contribution is -0.144. The Morgan fingerprint density at radius 2 is 0.875 bits per heavy atom. The smallest absolute Gasteiger partial charge is 0.348 e. The number of carbonyl (C=O) groups is 1. The molecule has 14 heteroatoms. The van der Waals surface area contributed by atoms with Crippen LogP contribution in [0.1, 0.15) is 38.2 Å². The number of rotatable bonds is 3. The van der Waals surface area contributed by atoms with E-state index in [9.17, 15) is 57.5 Å². The zero-order valence-corrected chi connectivity index (χ0v) is 15.1. The zero-order chi connectivity index (χ0) is 24.7. The van der Waals surface area contributed by atoms with E-state index in [0.717, 1.165) is 0 Å². The van der Waals surface area contributed by atoms with Gasteiger partial charge in [0.25, 0.3) is 5.91 Å². The van der Waals surface area contributed by atoms with Gasteiger partial charge in [-0.05, 0) is 42.0 Å². The molecule has 0 heterocycles. The van der Waals surface area contributed by atoms with Crippen LogP contribution >= 0.6 is 0 Å². The molecule has 0 aromatic heterocycles. The Morgan fingerprint density at radius 1 is 0.562 bits per heavy atom. The standard InChI is InChI=1S/C18H9F12NO/c19-15(20,21)10-1-8(2-11(5-10)16(22,23)24)7-31-14(32)9-3-12(17(25,26)27)6-13(4-9)18(28,29)30/h1-6H,7H2,(H,31,32). The van der Waals surface area contributed by atoms with Gasteiger partial charge in [-0.15, -0.1) is 0 Å². The number of benzene rings is 2. The maximum Gasteiger partial charge on any atom is 0.416 e. The van der Waals surface area contributed by atoms with Crippen molar-refractivity contribution >= 4 is 5.91 Å². The first-order valence-electron chi connectivity index (χ1n) is 8.14. The van der Waals surface area contributed by atoms with Gasteiger partial charge in [0.1, 0.15) is 0 Å². The molecule has 2 aromatic rings. The second-order valence-electron chi connectivity index (χ2n) is 6.39. The van der Waals surface area contributed by atoms with Crippen LogP contribution in [0.4, 0.5) is 52.7 Å². The monoisotopic (exact) mass is 483 g/mol. The third kappa shape index (κ3) is 6.29. The number of alkyl halides is 12. The lowest BCUT2D eigenvalue weighted by Gasteiger charge is -2.16. The second kappa shape index (κ2) is 8.20. The second-order valence-corrected chi connectivity index (χ2v) is 6.39. The lowest BCUT2D eigenvalue weighted by Crippen LogP contribution is -2.25. The number of carbonyl (C=O) groups excluding carboxylic acids is 1. The molecule has 0 spiro atoms. The van der Waals surface area contributed by atoms with E-state index in [1.54, 1.807) is 5.32 Å². The molecule has 0 atom stereocenters. The van der Waals surface area contributed by atoms with Gasteiger partial charge in [0.05, 0.1) is 22.3 Å². The first-order chi connectivity index (χ1) is 14.3. The molecule has 0 unspecified atom stereocenters. The molecule has 32 heavy (non-hydrogen) atoms. The first-order valence-corrected chi connectivity index (χ1v) is 8.14. The molecular weight excluding hydrogens is 474 g/mol. The highest BCUT2D eigenvalue weighted by molar-refractivity contribution is 5.94. The van der Waals surface area contributed by atoms with E-state index >= 15 is 0 Å². The summed E-state index contributed by atoms with van der Waals surface area (Å²) in [7, 11) is 0. The van der Waals surface area contributed by atoms with Crippen LogP contribution in [-0.4, -0.2) is 5.91 Å². The molecule has 176 valence electrons. The molecule has 0 aliphatic rings. The van der Waals surface area contributed by atoms with Crippen molar-refractivity contribution in [2.75, 3.05) is 0 Å². The van der Waals surface area contributed by atoms with Crippen LogP contribution in [0.3, 0.4) is 0 Å². The maximum atomic E-state index is 12.9. The zero-order valence-electron chi connectivity index (χ0n) is 15.1. The van der Waals surface area contributed by atoms with Crippen LogP contribution in [0.25, 0.3) is 0 Å². The van der Waals surface area contributed by atoms with E-state index in [1.165, 1.54) is 0 Å². The highest BCUT2D eigenvalue weighted by Gasteiger charge is 2.38. The molecule has 0 radical (unpaired) electrons. The van der Waals surface area contributed by atoms with Crippen molar-refractivity contribution in [2.24, 2.45) is 0 Å². The van der Waals surface area contributed by atoms with Gasteiger partial charge >= 0.3 is 24.7 Å². The number of hydrogen-bond acceptors (Lipinski definition) is 1. The Labute approximate surface area is 170 Å². The molecular formula is C18H9F12NO. The fourth-order valence-corrected chi connectivity index (χ4v) is 2.49. The summed E-state index contributed by atoms with van der Waals surface area (Å²) < 4.78 is 154. The van der Waals surface area contributed by atoms with Crippen molar-refractivity contribution in [1.82, 2.24) is 5.32 Å². The third-order valence-electron chi connectivity index (χ3n) is 3.95. The fourth-order valence-electron chi connectivity index (χ4n) is 2.49. The van der Waals surface area contributed by atoms with Crippen LogP contribution in [0.15, 0.2) is 36.4 Å². The van der Waals surface area contributed by atoms with Crippen LogP contribution < -0.4 is 5.32 Å². The van der Waals surface area contributed by atoms with E-state index < -0.39 is 70.5 Å². The highest BCUT2D eigenvalue weighted by Crippen LogP contribution is 2.37. The van der Waals surface area contributed by atoms with Crippen LogP contribution in [0.2, 0.25) is 0 Å². The number of amides is 1. The topological polar surface area (TPSA) is 29.1 Å². The predicted molar refractivity (Wildman–Crippen MR) is 84.1 cm³/mol. The lowest BCUT2D eigenvalue weighted by atomic mass is 10.0. The van der Waals surface area contributed by atoms with Gasteiger partial charge in [-0.25, -0.2) is 0 Å². The number of halogens is 12. The third-order valence-corrected chi connectivity index (χ3v) is 3.95. The minimum absolute atomic E-state index is 0.0673. The van der Waals surface area contributed by atoms with E-state index in [4.69, 9.17) is 0 Å². The summed E-state index contributed by atoms with van der Waals surface area (Å²) >= 11 is 0. The maximum absolute atomic E-state index is 12.9. The van der Waals surface area contributed by atoms with Gasteiger partial charge in [0.2, 0.25) is 0 Å². The van der Waals surface area contributed by atoms with Gasteiger partial charge < -0.3 is 5.32 Å². The molecule has 0 saturated carbocycles. The molecule has 1 N–H and O–H groups in total. The van der Waals surface area contributed by atoms with Crippen molar-refractivity contribution in [3.63, 3.8) is 0 Å². The van der Waals surface area contributed by atoms with Crippen molar-refractivity contribution in [1.29, 1.82) is 0 Å². The summed E-state index contributed by atoms with van der Waals surface area (Å²) in [5.74, 6) is -1.58. The van der Waals surface area contributed by atoms with Crippen molar-refractivity contribution in [3.05, 3.63) is 69.8 Å². The highest BCUT2D eigenvalue weighted by atomic mass is 19.4. The Kier molecular flexibility index (Phi) is 6.49. The Bertz CT molecular complexity index is 934. The molecule has 2 aromatic carbocycles. The Morgan fingerprint density at radius 3 is 1.19 bits per heavy atom. The molecule has 0 aliphatic carbocycles. The summed E-state index contributed by atoms with van der Waals surface area (Å²) in [6, 6.07) is 0.203. The summed E-state index contributed by atoms with van der Waals surface area (Å²) in [6.07, 6.45) is -20.9. The first kappa shape index (κ1) is 25.3. The van der Waals surface area contributed by atoms with E-state index in [0.29, 0.717) is 0 Å². The molecule has 2 rings (SSSR count). The fraction of sp³-hybridized carbons (Fsp3) is 0.278. The van der Waals surface area contributed by atoms with Crippen molar-refractivity contribution in [3.8, 4) is 0 Å². The van der Waals surface area contributed by atoms with E-state index in [-0.39, 0.29) is 36.4 Å². The minimum Gasteiger partial charge on any atom is -0.348 e. The van der Waals surface area contributed by atoms with Gasteiger partial charge in [0, 0.05) is 12.1 Å². The molecule has 2 nitrogen and oxygen atoms in total. The minimum atomic E-state index is -5.26. The van der Waals surface area contributed by atoms with Gasteiger partial charge in [-0.1, -0.05) is 0 Å².